The number of benzene rings is 2. The molecule has 4 rings (SSSR count). The first kappa shape index (κ1) is 25.8. The largest absolute Gasteiger partial charge is 0.324 e. The molecule has 1 aliphatic rings. The Kier molecular flexibility index (Phi) is 7.37. The molecule has 0 aliphatic carbocycles. The molecule has 5 nitrogen and oxygen atoms in total. The second-order valence-electron chi connectivity index (χ2n) is 11.2. The summed E-state index contributed by atoms with van der Waals surface area (Å²) in [5, 5.41) is 6.31. The molecule has 1 aromatic heterocycles. The number of amides is 1. The molecule has 2 heterocycles. The van der Waals surface area contributed by atoms with Crippen molar-refractivity contribution in [3.63, 3.8) is 0 Å². The maximum absolute atomic E-state index is 13.9. The van der Waals surface area contributed by atoms with Gasteiger partial charge in [0, 0.05) is 27.1 Å². The van der Waals surface area contributed by atoms with Gasteiger partial charge in [0.25, 0.3) is 0 Å². The predicted molar refractivity (Wildman–Crippen MR) is 146 cm³/mol. The lowest BCUT2D eigenvalue weighted by Crippen LogP contribution is -2.59. The number of pyridine rings is 1. The number of hydrogen-bond acceptors (Lipinski definition) is 4. The van der Waals surface area contributed by atoms with E-state index in [0.717, 1.165) is 33.8 Å². The first-order valence-electron chi connectivity index (χ1n) is 12.3. The molecule has 2 aromatic carbocycles. The molecule has 1 fully saturated rings. The summed E-state index contributed by atoms with van der Waals surface area (Å²) in [5.74, 6) is -0.0776. The Labute approximate surface area is 217 Å². The maximum atomic E-state index is 13.9. The number of hydrogen-bond donors (Lipinski definition) is 1. The number of carbonyl (C=O) groups excluding carboxylic acids is 1. The van der Waals surface area contributed by atoms with Gasteiger partial charge in [0.05, 0.1) is 23.2 Å². The van der Waals surface area contributed by atoms with Gasteiger partial charge in [0.2, 0.25) is 5.91 Å². The Morgan fingerprint density at radius 1 is 1.06 bits per heavy atom. The highest BCUT2D eigenvalue weighted by Gasteiger charge is 2.44. The van der Waals surface area contributed by atoms with Crippen LogP contribution in [0.25, 0.3) is 10.9 Å². The minimum atomic E-state index is -0.797. The van der Waals surface area contributed by atoms with E-state index in [0.29, 0.717) is 12.1 Å². The van der Waals surface area contributed by atoms with Crippen LogP contribution in [-0.2, 0) is 16.1 Å². The number of para-hydroxylation sites is 1. The van der Waals surface area contributed by atoms with Crippen LogP contribution in [-0.4, -0.2) is 33.6 Å². The monoisotopic (exact) mass is 537 g/mol. The van der Waals surface area contributed by atoms with Crippen molar-refractivity contribution in [2.24, 2.45) is 5.41 Å². The lowest BCUT2D eigenvalue weighted by Gasteiger charge is -2.52. The van der Waals surface area contributed by atoms with Gasteiger partial charge in [-0.1, -0.05) is 46.3 Å². The number of anilines is 1. The number of aromatic nitrogens is 1. The molecule has 0 bridgehead atoms. The third-order valence-electron chi connectivity index (χ3n) is 7.13. The van der Waals surface area contributed by atoms with Gasteiger partial charge in [0.1, 0.15) is 0 Å². The van der Waals surface area contributed by atoms with Gasteiger partial charge >= 0.3 is 0 Å². The minimum absolute atomic E-state index is 0.0776. The van der Waals surface area contributed by atoms with Crippen molar-refractivity contribution in [3.8, 4) is 0 Å². The second kappa shape index (κ2) is 10.00. The molecule has 0 spiro atoms. The van der Waals surface area contributed by atoms with Crippen molar-refractivity contribution in [2.45, 2.75) is 71.4 Å². The Hall–Kier alpha value is -2.28. The van der Waals surface area contributed by atoms with Crippen LogP contribution >= 0.6 is 15.9 Å². The summed E-state index contributed by atoms with van der Waals surface area (Å²) in [6.45, 7) is 11.2. The number of rotatable bonds is 7. The predicted octanol–water partition coefficient (Wildman–Crippen LogP) is 7.16. The third kappa shape index (κ3) is 5.76. The zero-order valence-corrected chi connectivity index (χ0v) is 23.0. The van der Waals surface area contributed by atoms with Crippen LogP contribution in [0.4, 0.5) is 5.69 Å². The summed E-state index contributed by atoms with van der Waals surface area (Å²) in [6.07, 6.45) is 5.60. The van der Waals surface area contributed by atoms with Crippen LogP contribution in [0.3, 0.4) is 0 Å². The molecule has 6 heteroatoms. The van der Waals surface area contributed by atoms with Gasteiger partial charge in [0.15, 0.2) is 0 Å². The fourth-order valence-corrected chi connectivity index (χ4v) is 5.52. The van der Waals surface area contributed by atoms with Gasteiger partial charge in [-0.25, -0.2) is 0 Å². The van der Waals surface area contributed by atoms with E-state index in [-0.39, 0.29) is 23.6 Å². The molecule has 1 aliphatic heterocycles. The normalized spacial score (nSPS) is 19.3. The average Bonchev–Trinajstić information content (AvgIpc) is 2.79. The number of nitrogens with zero attached hydrogens (tertiary/aromatic N) is 2. The van der Waals surface area contributed by atoms with Gasteiger partial charge in [-0.3, -0.25) is 14.6 Å². The van der Waals surface area contributed by atoms with E-state index in [2.05, 4.69) is 71.1 Å². The topological polar surface area (TPSA) is 54.5 Å². The molecule has 1 saturated heterocycles. The molecular formula is C29H36BrN3O2. The smallest absolute Gasteiger partial charge is 0.233 e. The zero-order chi connectivity index (χ0) is 25.3. The Balaban J connectivity index is 1.63. The van der Waals surface area contributed by atoms with Crippen LogP contribution in [0.1, 0.15) is 59.4 Å². The SMILES string of the molecule is CC(CON1C(C)(C)CCCC1(C)C)(Cc1ccc(Br)cc1)C(=O)Nc1cccc2cccnc12. The summed E-state index contributed by atoms with van der Waals surface area (Å²) in [6, 6.07) is 17.9. The number of halogens is 1. The van der Waals surface area contributed by atoms with E-state index in [9.17, 15) is 4.79 Å². The molecule has 1 unspecified atom stereocenters. The summed E-state index contributed by atoms with van der Waals surface area (Å²) in [7, 11) is 0. The van der Waals surface area contributed by atoms with Gasteiger partial charge < -0.3 is 5.32 Å². The molecule has 35 heavy (non-hydrogen) atoms. The highest BCUT2D eigenvalue weighted by atomic mass is 79.9. The van der Waals surface area contributed by atoms with Crippen LogP contribution in [0.15, 0.2) is 65.3 Å². The zero-order valence-electron chi connectivity index (χ0n) is 21.4. The van der Waals surface area contributed by atoms with E-state index in [1.54, 1.807) is 6.20 Å². The van der Waals surface area contributed by atoms with E-state index >= 15 is 0 Å². The van der Waals surface area contributed by atoms with Crippen molar-refractivity contribution in [3.05, 3.63) is 70.8 Å². The first-order chi connectivity index (χ1) is 16.5. The number of hydroxylamine groups is 2. The van der Waals surface area contributed by atoms with Crippen LogP contribution < -0.4 is 5.32 Å². The molecule has 0 radical (unpaired) electrons. The van der Waals surface area contributed by atoms with E-state index in [4.69, 9.17) is 4.84 Å². The van der Waals surface area contributed by atoms with Crippen molar-refractivity contribution >= 4 is 38.4 Å². The van der Waals surface area contributed by atoms with Crippen LogP contribution in [0.5, 0.6) is 0 Å². The molecule has 1 N–H and O–H groups in total. The molecular weight excluding hydrogens is 502 g/mol. The van der Waals surface area contributed by atoms with Crippen molar-refractivity contribution in [1.29, 1.82) is 0 Å². The van der Waals surface area contributed by atoms with Gasteiger partial charge in [-0.2, -0.15) is 5.06 Å². The van der Waals surface area contributed by atoms with Crippen LogP contribution in [0, 0.1) is 5.41 Å². The molecule has 1 amide bonds. The summed E-state index contributed by atoms with van der Waals surface area (Å²) < 4.78 is 1.02. The minimum Gasteiger partial charge on any atom is -0.324 e. The number of nitrogens with one attached hydrogen (secondary N) is 1. The lowest BCUT2D eigenvalue weighted by molar-refractivity contribution is -0.290. The van der Waals surface area contributed by atoms with E-state index < -0.39 is 5.41 Å². The number of piperidine rings is 1. The van der Waals surface area contributed by atoms with E-state index in [1.165, 1.54) is 6.42 Å². The van der Waals surface area contributed by atoms with Crippen LogP contribution in [0.2, 0.25) is 0 Å². The number of fused-ring (bicyclic) bond motifs is 1. The highest BCUT2D eigenvalue weighted by Crippen LogP contribution is 2.39. The Morgan fingerprint density at radius 2 is 1.71 bits per heavy atom. The number of carbonyl (C=O) groups is 1. The Bertz CT molecular complexity index is 1170. The summed E-state index contributed by atoms with van der Waals surface area (Å²) >= 11 is 3.51. The molecule has 186 valence electrons. The quantitative estimate of drug-likeness (QED) is 0.347. The second-order valence-corrected chi connectivity index (χ2v) is 12.2. The van der Waals surface area contributed by atoms with Gasteiger partial charge in [-0.05, 0) is 90.1 Å². The average molecular weight is 539 g/mol. The first-order valence-corrected chi connectivity index (χ1v) is 13.1. The maximum Gasteiger partial charge on any atom is 0.233 e. The fourth-order valence-electron chi connectivity index (χ4n) is 5.26. The Morgan fingerprint density at radius 3 is 2.40 bits per heavy atom. The molecule has 3 aromatic rings. The standard InChI is InChI=1S/C29H36BrN3O2/c1-27(2)16-8-17-28(3,4)33(27)35-20-29(5,19-21-12-14-23(30)15-13-21)26(34)32-24-11-6-9-22-10-7-18-31-25(22)24/h6-7,9-15,18H,8,16-17,19-20H2,1-5H3,(H,32,34). The third-order valence-corrected chi connectivity index (χ3v) is 7.65. The van der Waals surface area contributed by atoms with E-state index in [1.807, 2.05) is 49.4 Å². The summed E-state index contributed by atoms with van der Waals surface area (Å²) in [4.78, 5) is 25.0. The molecule has 0 saturated carbocycles. The van der Waals surface area contributed by atoms with Gasteiger partial charge in [-0.15, -0.1) is 0 Å². The lowest BCUT2D eigenvalue weighted by atomic mass is 9.81. The van der Waals surface area contributed by atoms with Crippen molar-refractivity contribution in [1.82, 2.24) is 10.0 Å². The van der Waals surface area contributed by atoms with Crippen molar-refractivity contribution in [2.75, 3.05) is 11.9 Å². The van der Waals surface area contributed by atoms with Crippen molar-refractivity contribution < 1.29 is 9.63 Å². The summed E-state index contributed by atoms with van der Waals surface area (Å²) in [5.41, 5.74) is 1.59. The molecule has 1 atom stereocenters. The fraction of sp³-hybridized carbons (Fsp3) is 0.448. The highest BCUT2D eigenvalue weighted by molar-refractivity contribution is 9.10.